The number of hydrogen-bond donors (Lipinski definition) is 1. The fraction of sp³-hybridized carbons (Fsp3) is 0.100. The van der Waals surface area contributed by atoms with E-state index >= 15 is 0 Å². The number of nitro groups is 1. The molecule has 0 bridgehead atoms. The standard InChI is InChI=1S/C20H16N4O2S/c1-13-7-14(2)9-17(8-13)22-11-16(10-21)20-23-19(12-27-20)15-3-5-18(6-4-15)24(25)26/h3-9,11-12,22H,1-2H3/b16-11-. The van der Waals surface area contributed by atoms with Gasteiger partial charge < -0.3 is 5.32 Å². The van der Waals surface area contributed by atoms with Crippen LogP contribution in [0.25, 0.3) is 16.8 Å². The Morgan fingerprint density at radius 3 is 2.48 bits per heavy atom. The van der Waals surface area contributed by atoms with Crippen molar-refractivity contribution in [2.75, 3.05) is 5.32 Å². The summed E-state index contributed by atoms with van der Waals surface area (Å²) < 4.78 is 0. The van der Waals surface area contributed by atoms with E-state index in [-0.39, 0.29) is 5.69 Å². The van der Waals surface area contributed by atoms with E-state index in [2.05, 4.69) is 22.4 Å². The van der Waals surface area contributed by atoms with Crippen molar-refractivity contribution < 1.29 is 4.92 Å². The van der Waals surface area contributed by atoms with Crippen LogP contribution in [0, 0.1) is 35.3 Å². The maximum absolute atomic E-state index is 10.8. The zero-order chi connectivity index (χ0) is 19.4. The van der Waals surface area contributed by atoms with Crippen LogP contribution >= 0.6 is 11.3 Å². The first kappa shape index (κ1) is 18.3. The van der Waals surface area contributed by atoms with E-state index in [1.54, 1.807) is 18.3 Å². The van der Waals surface area contributed by atoms with Gasteiger partial charge in [-0.3, -0.25) is 10.1 Å². The Labute approximate surface area is 160 Å². The van der Waals surface area contributed by atoms with Crippen LogP contribution in [0.3, 0.4) is 0 Å². The van der Waals surface area contributed by atoms with Gasteiger partial charge in [-0.2, -0.15) is 5.26 Å². The Hall–Kier alpha value is -3.50. The number of anilines is 1. The van der Waals surface area contributed by atoms with Crippen molar-refractivity contribution in [2.45, 2.75) is 13.8 Å². The Morgan fingerprint density at radius 1 is 1.22 bits per heavy atom. The quantitative estimate of drug-likeness (QED) is 0.370. The zero-order valence-corrected chi connectivity index (χ0v) is 15.6. The number of nitrogens with one attached hydrogen (secondary N) is 1. The summed E-state index contributed by atoms with van der Waals surface area (Å²) in [7, 11) is 0. The predicted molar refractivity (Wildman–Crippen MR) is 107 cm³/mol. The van der Waals surface area contributed by atoms with Crippen molar-refractivity contribution in [3.63, 3.8) is 0 Å². The fourth-order valence-corrected chi connectivity index (χ4v) is 3.43. The zero-order valence-electron chi connectivity index (χ0n) is 14.8. The molecule has 0 fully saturated rings. The first-order valence-electron chi connectivity index (χ1n) is 8.12. The van der Waals surface area contributed by atoms with Crippen LogP contribution in [0.2, 0.25) is 0 Å². The summed E-state index contributed by atoms with van der Waals surface area (Å²) in [6.45, 7) is 4.04. The molecule has 3 rings (SSSR count). The molecule has 0 saturated heterocycles. The van der Waals surface area contributed by atoms with Gasteiger partial charge in [-0.05, 0) is 49.2 Å². The van der Waals surface area contributed by atoms with E-state index in [0.29, 0.717) is 16.3 Å². The Kier molecular flexibility index (Phi) is 5.29. The normalized spacial score (nSPS) is 11.1. The van der Waals surface area contributed by atoms with Crippen LogP contribution in [0.4, 0.5) is 11.4 Å². The van der Waals surface area contributed by atoms with E-state index in [1.807, 2.05) is 31.4 Å². The molecule has 1 heterocycles. The van der Waals surface area contributed by atoms with Crippen molar-refractivity contribution in [3.05, 3.63) is 80.3 Å². The molecule has 1 aromatic heterocycles. The van der Waals surface area contributed by atoms with E-state index in [1.165, 1.54) is 23.5 Å². The van der Waals surface area contributed by atoms with Gasteiger partial charge in [0, 0.05) is 35.0 Å². The SMILES string of the molecule is Cc1cc(C)cc(N/C=C(/C#N)c2nc(-c3ccc([N+](=O)[O-])cc3)cs2)c1. The van der Waals surface area contributed by atoms with Gasteiger partial charge in [-0.1, -0.05) is 6.07 Å². The number of rotatable bonds is 5. The number of nitriles is 1. The van der Waals surface area contributed by atoms with Gasteiger partial charge in [0.25, 0.3) is 5.69 Å². The molecular weight excluding hydrogens is 360 g/mol. The minimum atomic E-state index is -0.439. The number of nitrogens with zero attached hydrogens (tertiary/aromatic N) is 3. The lowest BCUT2D eigenvalue weighted by Crippen LogP contribution is -1.92. The highest BCUT2D eigenvalue weighted by molar-refractivity contribution is 7.11. The van der Waals surface area contributed by atoms with Crippen LogP contribution in [-0.4, -0.2) is 9.91 Å². The molecule has 3 aromatic rings. The van der Waals surface area contributed by atoms with Crippen molar-refractivity contribution in [3.8, 4) is 17.3 Å². The van der Waals surface area contributed by atoms with Crippen molar-refractivity contribution in [2.24, 2.45) is 0 Å². The summed E-state index contributed by atoms with van der Waals surface area (Å²) in [4.78, 5) is 14.8. The Morgan fingerprint density at radius 2 is 1.89 bits per heavy atom. The molecule has 0 aliphatic rings. The van der Waals surface area contributed by atoms with Crippen LogP contribution in [0.5, 0.6) is 0 Å². The minimum Gasteiger partial charge on any atom is -0.360 e. The molecule has 0 unspecified atom stereocenters. The predicted octanol–water partition coefficient (Wildman–Crippen LogP) is 5.31. The number of thiazole rings is 1. The van der Waals surface area contributed by atoms with Crippen LogP contribution < -0.4 is 5.32 Å². The highest BCUT2D eigenvalue weighted by Gasteiger charge is 2.11. The molecule has 6 nitrogen and oxygen atoms in total. The van der Waals surface area contributed by atoms with E-state index in [0.717, 1.165) is 22.4 Å². The second-order valence-corrected chi connectivity index (χ2v) is 6.89. The molecular formula is C20H16N4O2S. The molecule has 0 spiro atoms. The first-order chi connectivity index (χ1) is 13.0. The lowest BCUT2D eigenvalue weighted by Gasteiger charge is -2.05. The lowest BCUT2D eigenvalue weighted by molar-refractivity contribution is -0.384. The van der Waals surface area contributed by atoms with Gasteiger partial charge in [0.15, 0.2) is 0 Å². The smallest absolute Gasteiger partial charge is 0.269 e. The molecule has 0 amide bonds. The lowest BCUT2D eigenvalue weighted by atomic mass is 10.1. The number of nitro benzene ring substituents is 1. The maximum Gasteiger partial charge on any atom is 0.269 e. The van der Waals surface area contributed by atoms with E-state index in [4.69, 9.17) is 0 Å². The third kappa shape index (κ3) is 4.37. The topological polar surface area (TPSA) is 91.8 Å². The molecule has 0 aliphatic heterocycles. The second-order valence-electron chi connectivity index (χ2n) is 6.03. The number of benzene rings is 2. The van der Waals surface area contributed by atoms with Crippen molar-refractivity contribution >= 4 is 28.3 Å². The van der Waals surface area contributed by atoms with Crippen LogP contribution in [-0.2, 0) is 0 Å². The van der Waals surface area contributed by atoms with Crippen molar-refractivity contribution in [1.29, 1.82) is 5.26 Å². The number of aromatic nitrogens is 1. The van der Waals surface area contributed by atoms with Crippen LogP contribution in [0.15, 0.2) is 54.0 Å². The highest BCUT2D eigenvalue weighted by atomic mass is 32.1. The van der Waals surface area contributed by atoms with Gasteiger partial charge in [-0.15, -0.1) is 11.3 Å². The molecule has 7 heteroatoms. The molecule has 0 atom stereocenters. The monoisotopic (exact) mass is 376 g/mol. The third-order valence-electron chi connectivity index (χ3n) is 3.83. The number of hydrogen-bond acceptors (Lipinski definition) is 6. The molecule has 27 heavy (non-hydrogen) atoms. The van der Waals surface area contributed by atoms with Crippen molar-refractivity contribution in [1.82, 2.24) is 4.98 Å². The molecule has 0 radical (unpaired) electrons. The minimum absolute atomic E-state index is 0.0319. The highest BCUT2D eigenvalue weighted by Crippen LogP contribution is 2.27. The molecule has 0 saturated carbocycles. The summed E-state index contributed by atoms with van der Waals surface area (Å²) >= 11 is 1.35. The number of non-ortho nitro benzene ring substituents is 1. The summed E-state index contributed by atoms with van der Waals surface area (Å²) in [6.07, 6.45) is 1.65. The maximum atomic E-state index is 10.8. The summed E-state index contributed by atoms with van der Waals surface area (Å²) in [5.41, 5.74) is 5.09. The molecule has 1 N–H and O–H groups in total. The average Bonchev–Trinajstić information content (AvgIpc) is 3.11. The van der Waals surface area contributed by atoms with E-state index in [9.17, 15) is 15.4 Å². The van der Waals surface area contributed by atoms with Gasteiger partial charge >= 0.3 is 0 Å². The van der Waals surface area contributed by atoms with Gasteiger partial charge in [0.05, 0.1) is 10.6 Å². The third-order valence-corrected chi connectivity index (χ3v) is 4.71. The van der Waals surface area contributed by atoms with Gasteiger partial charge in [-0.25, -0.2) is 4.98 Å². The molecule has 2 aromatic carbocycles. The summed E-state index contributed by atoms with van der Waals surface area (Å²) in [5, 5.41) is 25.8. The average molecular weight is 376 g/mol. The number of allylic oxidation sites excluding steroid dienone is 1. The second kappa shape index (κ2) is 7.81. The summed E-state index contributed by atoms with van der Waals surface area (Å²) in [5.74, 6) is 0. The molecule has 134 valence electrons. The first-order valence-corrected chi connectivity index (χ1v) is 9.00. The van der Waals surface area contributed by atoms with Gasteiger partial charge in [0.2, 0.25) is 0 Å². The molecule has 0 aliphatic carbocycles. The fourth-order valence-electron chi connectivity index (χ4n) is 2.64. The number of aryl methyl sites for hydroxylation is 2. The Bertz CT molecular complexity index is 1040. The Balaban J connectivity index is 1.82. The van der Waals surface area contributed by atoms with Crippen LogP contribution in [0.1, 0.15) is 16.1 Å². The summed E-state index contributed by atoms with van der Waals surface area (Å²) in [6, 6.07) is 14.4. The van der Waals surface area contributed by atoms with E-state index < -0.39 is 4.92 Å². The largest absolute Gasteiger partial charge is 0.360 e. The van der Waals surface area contributed by atoms with Gasteiger partial charge in [0.1, 0.15) is 16.6 Å².